The molecule has 0 aromatic heterocycles. The number of nitrogens with one attached hydrogen (secondary N) is 1. The van der Waals surface area contributed by atoms with Crippen molar-refractivity contribution in [3.63, 3.8) is 0 Å². The van der Waals surface area contributed by atoms with Crippen molar-refractivity contribution in [2.75, 3.05) is 18.0 Å². The molecule has 0 spiro atoms. The first-order chi connectivity index (χ1) is 8.59. The largest absolute Gasteiger partial charge is 0.480 e. The van der Waals surface area contributed by atoms with Crippen molar-refractivity contribution >= 4 is 17.6 Å². The number of rotatable bonds is 4. The van der Waals surface area contributed by atoms with Crippen LogP contribution in [0.5, 0.6) is 0 Å². The summed E-state index contributed by atoms with van der Waals surface area (Å²) in [5.74, 6) is -1.04. The van der Waals surface area contributed by atoms with Crippen molar-refractivity contribution in [2.24, 2.45) is 0 Å². The molecule has 2 N–H and O–H groups in total. The molecule has 0 fully saturated rings. The maximum atomic E-state index is 12.0. The number of carbonyl (C=O) groups is 2. The van der Waals surface area contributed by atoms with Gasteiger partial charge in [-0.3, -0.25) is 14.9 Å². The summed E-state index contributed by atoms with van der Waals surface area (Å²) in [7, 11) is 0. The Hall–Kier alpha value is -1.88. The molecule has 0 bridgehead atoms. The van der Waals surface area contributed by atoms with Gasteiger partial charge in [0.25, 0.3) is 0 Å². The number of hydrogen-bond donors (Lipinski definition) is 2. The van der Waals surface area contributed by atoms with Crippen LogP contribution >= 0.6 is 0 Å². The van der Waals surface area contributed by atoms with E-state index in [0.29, 0.717) is 6.54 Å². The molecule has 5 heteroatoms. The molecule has 1 unspecified atom stereocenters. The number of benzene rings is 1. The first-order valence-corrected chi connectivity index (χ1v) is 5.94. The van der Waals surface area contributed by atoms with Gasteiger partial charge in [-0.25, -0.2) is 0 Å². The Morgan fingerprint density at radius 1 is 1.44 bits per heavy atom. The molecule has 1 heterocycles. The fourth-order valence-corrected chi connectivity index (χ4v) is 2.02. The third-order valence-electron chi connectivity index (χ3n) is 3.12. The van der Waals surface area contributed by atoms with Gasteiger partial charge in [0, 0.05) is 12.2 Å². The van der Waals surface area contributed by atoms with Gasteiger partial charge < -0.3 is 10.0 Å². The third-order valence-corrected chi connectivity index (χ3v) is 3.12. The molecule has 0 aliphatic carbocycles. The summed E-state index contributed by atoms with van der Waals surface area (Å²) in [6.07, 6.45) is 0.858. The normalized spacial score (nSPS) is 15.3. The Morgan fingerprint density at radius 3 is 2.89 bits per heavy atom. The van der Waals surface area contributed by atoms with Gasteiger partial charge in [-0.2, -0.15) is 0 Å². The van der Waals surface area contributed by atoms with E-state index in [9.17, 15) is 9.59 Å². The van der Waals surface area contributed by atoms with Crippen LogP contribution in [0.15, 0.2) is 24.3 Å². The van der Waals surface area contributed by atoms with E-state index in [-0.39, 0.29) is 12.5 Å². The molecule has 96 valence electrons. The highest BCUT2D eigenvalue weighted by molar-refractivity contribution is 5.97. The van der Waals surface area contributed by atoms with Crippen molar-refractivity contribution in [3.05, 3.63) is 29.8 Å². The summed E-state index contributed by atoms with van der Waals surface area (Å²) in [5, 5.41) is 11.4. The molecule has 5 nitrogen and oxygen atoms in total. The standard InChI is InChI=1S/C13H16N2O3/c1-9(13(17)18)14-8-12(16)15-7-6-10-4-2-3-5-11(10)15/h2-5,9,14H,6-8H2,1H3,(H,17,18). The number of aliphatic carboxylic acids is 1. The highest BCUT2D eigenvalue weighted by Gasteiger charge is 2.24. The molecule has 0 radical (unpaired) electrons. The number of carboxylic acids is 1. The number of hydrogen-bond acceptors (Lipinski definition) is 3. The van der Waals surface area contributed by atoms with Crippen molar-refractivity contribution in [1.29, 1.82) is 0 Å². The number of anilines is 1. The van der Waals surface area contributed by atoms with E-state index in [2.05, 4.69) is 5.32 Å². The summed E-state index contributed by atoms with van der Waals surface area (Å²) < 4.78 is 0. The zero-order valence-corrected chi connectivity index (χ0v) is 10.2. The van der Waals surface area contributed by atoms with E-state index < -0.39 is 12.0 Å². The lowest BCUT2D eigenvalue weighted by molar-refractivity contribution is -0.139. The van der Waals surface area contributed by atoms with E-state index in [4.69, 9.17) is 5.11 Å². The van der Waals surface area contributed by atoms with Crippen molar-refractivity contribution < 1.29 is 14.7 Å². The summed E-state index contributed by atoms with van der Waals surface area (Å²) in [6, 6.07) is 7.07. The maximum absolute atomic E-state index is 12.0. The maximum Gasteiger partial charge on any atom is 0.320 e. The van der Waals surface area contributed by atoms with Crippen molar-refractivity contribution in [2.45, 2.75) is 19.4 Å². The third kappa shape index (κ3) is 2.51. The number of carboxylic acid groups (broad SMARTS) is 1. The average molecular weight is 248 g/mol. The summed E-state index contributed by atoms with van der Waals surface area (Å²) in [4.78, 5) is 24.4. The fourth-order valence-electron chi connectivity index (χ4n) is 2.02. The first kappa shape index (κ1) is 12.6. The zero-order valence-electron chi connectivity index (χ0n) is 10.2. The van der Waals surface area contributed by atoms with Crippen LogP contribution < -0.4 is 10.2 Å². The Labute approximate surface area is 105 Å². The minimum Gasteiger partial charge on any atom is -0.480 e. The number of amides is 1. The smallest absolute Gasteiger partial charge is 0.320 e. The van der Waals surface area contributed by atoms with Crippen molar-refractivity contribution in [1.82, 2.24) is 5.32 Å². The lowest BCUT2D eigenvalue weighted by atomic mass is 10.2. The van der Waals surface area contributed by atoms with Gasteiger partial charge in [0.2, 0.25) is 5.91 Å². The Kier molecular flexibility index (Phi) is 3.62. The first-order valence-electron chi connectivity index (χ1n) is 5.94. The van der Waals surface area contributed by atoms with Gasteiger partial charge >= 0.3 is 5.97 Å². The second-order valence-corrected chi connectivity index (χ2v) is 4.36. The Balaban J connectivity index is 1.97. The molecule has 0 saturated carbocycles. The second kappa shape index (κ2) is 5.18. The summed E-state index contributed by atoms with van der Waals surface area (Å²) in [6.45, 7) is 2.23. The van der Waals surface area contributed by atoms with Crippen LogP contribution in [0, 0.1) is 0 Å². The molecular formula is C13H16N2O3. The molecule has 1 aromatic rings. The molecule has 18 heavy (non-hydrogen) atoms. The number of carbonyl (C=O) groups excluding carboxylic acids is 1. The molecule has 1 atom stereocenters. The van der Waals surface area contributed by atoms with Gasteiger partial charge in [-0.05, 0) is 25.0 Å². The van der Waals surface area contributed by atoms with Crippen molar-refractivity contribution in [3.8, 4) is 0 Å². The van der Waals surface area contributed by atoms with Crippen LogP contribution in [-0.4, -0.2) is 36.1 Å². The lowest BCUT2D eigenvalue weighted by Crippen LogP contribution is -2.43. The number of fused-ring (bicyclic) bond motifs is 1. The number of para-hydroxylation sites is 1. The van der Waals surface area contributed by atoms with Gasteiger partial charge in [0.1, 0.15) is 6.04 Å². The quantitative estimate of drug-likeness (QED) is 0.820. The summed E-state index contributed by atoms with van der Waals surface area (Å²) >= 11 is 0. The molecule has 1 aliphatic heterocycles. The minimum absolute atomic E-state index is 0.0435. The predicted molar refractivity (Wildman–Crippen MR) is 67.6 cm³/mol. The van der Waals surface area contributed by atoms with Gasteiger partial charge in [0.15, 0.2) is 0 Å². The van der Waals surface area contributed by atoms with E-state index in [1.165, 1.54) is 6.92 Å². The molecule has 1 aliphatic rings. The highest BCUT2D eigenvalue weighted by Crippen LogP contribution is 2.27. The van der Waals surface area contributed by atoms with Crippen LogP contribution in [0.25, 0.3) is 0 Å². The lowest BCUT2D eigenvalue weighted by Gasteiger charge is -2.18. The minimum atomic E-state index is -0.954. The highest BCUT2D eigenvalue weighted by atomic mass is 16.4. The predicted octanol–water partition coefficient (Wildman–Crippen LogP) is 0.638. The monoisotopic (exact) mass is 248 g/mol. The van der Waals surface area contributed by atoms with E-state index in [1.807, 2.05) is 24.3 Å². The Morgan fingerprint density at radius 2 is 2.17 bits per heavy atom. The van der Waals surface area contributed by atoms with E-state index >= 15 is 0 Å². The molecular weight excluding hydrogens is 232 g/mol. The molecule has 1 aromatic carbocycles. The molecule has 1 amide bonds. The SMILES string of the molecule is CC(NCC(=O)N1CCc2ccccc21)C(=O)O. The van der Waals surface area contributed by atoms with Crippen LogP contribution in [-0.2, 0) is 16.0 Å². The summed E-state index contributed by atoms with van der Waals surface area (Å²) in [5.41, 5.74) is 2.10. The van der Waals surface area contributed by atoms with Crippen LogP contribution in [0.4, 0.5) is 5.69 Å². The topological polar surface area (TPSA) is 69.6 Å². The van der Waals surface area contributed by atoms with E-state index in [0.717, 1.165) is 17.7 Å². The molecule has 2 rings (SSSR count). The van der Waals surface area contributed by atoms with E-state index in [1.54, 1.807) is 4.90 Å². The van der Waals surface area contributed by atoms with Crippen LogP contribution in [0.3, 0.4) is 0 Å². The zero-order chi connectivity index (χ0) is 13.1. The molecule has 0 saturated heterocycles. The average Bonchev–Trinajstić information content (AvgIpc) is 2.79. The second-order valence-electron chi connectivity index (χ2n) is 4.36. The van der Waals surface area contributed by atoms with Crippen LogP contribution in [0.1, 0.15) is 12.5 Å². The van der Waals surface area contributed by atoms with Gasteiger partial charge in [0.05, 0.1) is 6.54 Å². The fraction of sp³-hybridized carbons (Fsp3) is 0.385. The number of nitrogens with zero attached hydrogens (tertiary/aromatic N) is 1. The van der Waals surface area contributed by atoms with Crippen LogP contribution in [0.2, 0.25) is 0 Å². The van der Waals surface area contributed by atoms with Gasteiger partial charge in [-0.15, -0.1) is 0 Å². The van der Waals surface area contributed by atoms with Gasteiger partial charge in [-0.1, -0.05) is 18.2 Å². The Bertz CT molecular complexity index is 473.